The number of hydrogen-bond donors (Lipinski definition) is 0. The molecule has 1 aromatic rings. The summed E-state index contributed by atoms with van der Waals surface area (Å²) in [4.78, 5) is 6.62. The quantitative estimate of drug-likeness (QED) is 0.804. The molecule has 0 fully saturated rings. The van der Waals surface area contributed by atoms with Crippen LogP contribution >= 0.6 is 11.8 Å². The Balaban J connectivity index is 2.84. The summed E-state index contributed by atoms with van der Waals surface area (Å²) in [5.41, 5.74) is 1.57. The van der Waals surface area contributed by atoms with Gasteiger partial charge < -0.3 is 4.90 Å². The number of aryl methyl sites for hydroxylation is 1. The lowest BCUT2D eigenvalue weighted by Crippen LogP contribution is -2.30. The predicted molar refractivity (Wildman–Crippen MR) is 74.6 cm³/mol. The molecule has 17 heavy (non-hydrogen) atoms. The van der Waals surface area contributed by atoms with Crippen molar-refractivity contribution in [1.82, 2.24) is 4.98 Å². The van der Waals surface area contributed by atoms with Gasteiger partial charge in [-0.05, 0) is 44.4 Å². The maximum absolute atomic E-state index is 8.95. The van der Waals surface area contributed by atoms with Crippen LogP contribution in [0.2, 0.25) is 0 Å². The molecule has 0 radical (unpaired) electrons. The van der Waals surface area contributed by atoms with Gasteiger partial charge in [0.25, 0.3) is 0 Å². The lowest BCUT2D eigenvalue weighted by Gasteiger charge is -2.26. The molecule has 3 nitrogen and oxygen atoms in total. The van der Waals surface area contributed by atoms with Crippen LogP contribution in [0.3, 0.4) is 0 Å². The van der Waals surface area contributed by atoms with Gasteiger partial charge in [-0.2, -0.15) is 17.0 Å². The number of thioether (sulfide) groups is 1. The second-order valence-corrected chi connectivity index (χ2v) is 5.19. The summed E-state index contributed by atoms with van der Waals surface area (Å²) in [6.45, 7) is 4.11. The van der Waals surface area contributed by atoms with Crippen molar-refractivity contribution in [2.24, 2.45) is 0 Å². The maximum Gasteiger partial charge on any atom is 0.130 e. The van der Waals surface area contributed by atoms with Crippen LogP contribution in [-0.2, 0) is 0 Å². The number of aromatic nitrogens is 1. The zero-order valence-corrected chi connectivity index (χ0v) is 11.7. The first-order chi connectivity index (χ1) is 8.08. The first-order valence-corrected chi connectivity index (χ1v) is 7.08. The summed E-state index contributed by atoms with van der Waals surface area (Å²) >= 11 is 1.85. The molecule has 0 aromatic carbocycles. The summed E-state index contributed by atoms with van der Waals surface area (Å²) in [5, 5.41) is 8.95. The highest BCUT2D eigenvalue weighted by Crippen LogP contribution is 2.17. The van der Waals surface area contributed by atoms with E-state index < -0.39 is 0 Å². The molecule has 0 spiro atoms. The number of rotatable bonds is 5. The molecule has 1 atom stereocenters. The van der Waals surface area contributed by atoms with Gasteiger partial charge in [-0.3, -0.25) is 0 Å². The standard InChI is InChI=1S/C13H19N3S/c1-10-7-12(9-14)8-13(15-10)16(3)11(2)5-6-17-4/h7-8,11H,5-6H2,1-4H3. The van der Waals surface area contributed by atoms with E-state index in [0.717, 1.165) is 23.7 Å². The highest BCUT2D eigenvalue weighted by Gasteiger charge is 2.12. The number of nitriles is 1. The van der Waals surface area contributed by atoms with Crippen molar-refractivity contribution in [3.8, 4) is 6.07 Å². The van der Waals surface area contributed by atoms with Crippen molar-refractivity contribution in [3.63, 3.8) is 0 Å². The fourth-order valence-corrected chi connectivity index (χ4v) is 2.18. The van der Waals surface area contributed by atoms with Crippen molar-refractivity contribution in [1.29, 1.82) is 5.26 Å². The van der Waals surface area contributed by atoms with Gasteiger partial charge in [-0.25, -0.2) is 4.98 Å². The molecule has 0 saturated heterocycles. The molecule has 1 rings (SSSR count). The molecule has 4 heteroatoms. The van der Waals surface area contributed by atoms with Crippen molar-refractivity contribution >= 4 is 17.6 Å². The van der Waals surface area contributed by atoms with Gasteiger partial charge in [-0.1, -0.05) is 0 Å². The molecule has 0 aliphatic heterocycles. The predicted octanol–water partition coefficient (Wildman–Crippen LogP) is 2.84. The normalized spacial score (nSPS) is 11.9. The third kappa shape index (κ3) is 3.94. The van der Waals surface area contributed by atoms with E-state index in [-0.39, 0.29) is 0 Å². The highest BCUT2D eigenvalue weighted by molar-refractivity contribution is 7.98. The van der Waals surface area contributed by atoms with Crippen LogP contribution < -0.4 is 4.90 Å². The van der Waals surface area contributed by atoms with Gasteiger partial charge in [0.2, 0.25) is 0 Å². The third-order valence-corrected chi connectivity index (χ3v) is 3.48. The monoisotopic (exact) mass is 249 g/mol. The second-order valence-electron chi connectivity index (χ2n) is 4.21. The molecule has 92 valence electrons. The number of pyridine rings is 1. The minimum atomic E-state index is 0.434. The van der Waals surface area contributed by atoms with Crippen molar-refractivity contribution in [3.05, 3.63) is 23.4 Å². The van der Waals surface area contributed by atoms with Gasteiger partial charge in [0, 0.05) is 18.8 Å². The lowest BCUT2D eigenvalue weighted by atomic mass is 10.2. The van der Waals surface area contributed by atoms with Crippen molar-refractivity contribution in [2.75, 3.05) is 24.0 Å². The molecule has 1 unspecified atom stereocenters. The molecule has 0 aliphatic rings. The number of anilines is 1. The first kappa shape index (κ1) is 13.9. The maximum atomic E-state index is 8.95. The number of nitrogens with zero attached hydrogens (tertiary/aromatic N) is 3. The van der Waals surface area contributed by atoms with E-state index in [9.17, 15) is 0 Å². The molecule has 0 aliphatic carbocycles. The Kier molecular flexibility index (Phi) is 5.30. The minimum absolute atomic E-state index is 0.434. The molecule has 0 N–H and O–H groups in total. The largest absolute Gasteiger partial charge is 0.357 e. The van der Waals surface area contributed by atoms with E-state index >= 15 is 0 Å². The van der Waals surface area contributed by atoms with Crippen LogP contribution in [0.4, 0.5) is 5.82 Å². The van der Waals surface area contributed by atoms with Crippen molar-refractivity contribution in [2.45, 2.75) is 26.3 Å². The average Bonchev–Trinajstić information content (AvgIpc) is 2.34. The summed E-state index contributed by atoms with van der Waals surface area (Å²) in [6, 6.07) is 6.27. The molecule has 0 saturated carbocycles. The Morgan fingerprint density at radius 2 is 2.24 bits per heavy atom. The van der Waals surface area contributed by atoms with Crippen LogP contribution in [0, 0.1) is 18.3 Å². The van der Waals surface area contributed by atoms with Gasteiger partial charge in [0.15, 0.2) is 0 Å². The Morgan fingerprint density at radius 3 is 2.82 bits per heavy atom. The molecule has 1 aromatic heterocycles. The Hall–Kier alpha value is -1.21. The summed E-state index contributed by atoms with van der Waals surface area (Å²) in [6.07, 6.45) is 3.24. The van der Waals surface area contributed by atoms with Gasteiger partial charge >= 0.3 is 0 Å². The summed E-state index contributed by atoms with van der Waals surface area (Å²) in [7, 11) is 2.04. The molecular formula is C13H19N3S. The third-order valence-electron chi connectivity index (χ3n) is 2.83. The van der Waals surface area contributed by atoms with E-state index in [1.54, 1.807) is 0 Å². The molecule has 1 heterocycles. The molecule has 0 amide bonds. The second kappa shape index (κ2) is 6.51. The Bertz CT molecular complexity index is 412. The minimum Gasteiger partial charge on any atom is -0.357 e. The first-order valence-electron chi connectivity index (χ1n) is 5.69. The summed E-state index contributed by atoms with van der Waals surface area (Å²) in [5.74, 6) is 2.03. The van der Waals surface area contributed by atoms with Crippen molar-refractivity contribution < 1.29 is 0 Å². The lowest BCUT2D eigenvalue weighted by molar-refractivity contribution is 0.661. The van der Waals surface area contributed by atoms with E-state index in [0.29, 0.717) is 11.6 Å². The van der Waals surface area contributed by atoms with Crippen LogP contribution in [0.1, 0.15) is 24.6 Å². The smallest absolute Gasteiger partial charge is 0.130 e. The van der Waals surface area contributed by atoms with Gasteiger partial charge in [0.1, 0.15) is 5.82 Å². The fourth-order valence-electron chi connectivity index (χ4n) is 1.60. The zero-order chi connectivity index (χ0) is 12.8. The fraction of sp³-hybridized carbons (Fsp3) is 0.538. The van der Waals surface area contributed by atoms with Gasteiger partial charge in [-0.15, -0.1) is 0 Å². The van der Waals surface area contributed by atoms with Crippen LogP contribution in [-0.4, -0.2) is 30.1 Å². The van der Waals surface area contributed by atoms with E-state index in [4.69, 9.17) is 5.26 Å². The zero-order valence-electron chi connectivity index (χ0n) is 10.9. The van der Waals surface area contributed by atoms with Crippen LogP contribution in [0.25, 0.3) is 0 Å². The molecule has 0 bridgehead atoms. The van der Waals surface area contributed by atoms with Crippen LogP contribution in [0.15, 0.2) is 12.1 Å². The Morgan fingerprint density at radius 1 is 1.53 bits per heavy atom. The average molecular weight is 249 g/mol. The van der Waals surface area contributed by atoms with E-state index in [1.807, 2.05) is 37.9 Å². The topological polar surface area (TPSA) is 39.9 Å². The van der Waals surface area contributed by atoms with Gasteiger partial charge in [0.05, 0.1) is 11.6 Å². The summed E-state index contributed by atoms with van der Waals surface area (Å²) < 4.78 is 0. The number of hydrogen-bond acceptors (Lipinski definition) is 4. The Labute approximate surface area is 108 Å². The van der Waals surface area contributed by atoms with E-state index in [1.165, 1.54) is 0 Å². The SMILES string of the molecule is CSCCC(C)N(C)c1cc(C#N)cc(C)n1. The van der Waals surface area contributed by atoms with Crippen LogP contribution in [0.5, 0.6) is 0 Å². The molecular weight excluding hydrogens is 230 g/mol. The van der Waals surface area contributed by atoms with E-state index in [2.05, 4.69) is 29.1 Å². The highest BCUT2D eigenvalue weighted by atomic mass is 32.2.